The Bertz CT molecular complexity index is 836. The Morgan fingerprint density at radius 1 is 1.30 bits per heavy atom. The van der Waals surface area contributed by atoms with Crippen LogP contribution in [-0.2, 0) is 0 Å². The minimum absolute atomic E-state index is 0.318. The van der Waals surface area contributed by atoms with E-state index in [4.69, 9.17) is 16.0 Å². The Morgan fingerprint density at radius 2 is 2.15 bits per heavy atom. The molecule has 2 heterocycles. The van der Waals surface area contributed by atoms with Crippen LogP contribution in [0.5, 0.6) is 0 Å². The second-order valence-corrected chi connectivity index (χ2v) is 4.44. The molecule has 1 aromatic carbocycles. The fourth-order valence-corrected chi connectivity index (χ4v) is 1.85. The highest BCUT2D eigenvalue weighted by molar-refractivity contribution is 6.29. The number of rotatable bonds is 2. The standard InChI is InChI=1S/C13H8ClN3O3/c14-11-4-1-7(6-15-11)12(18)16-8-2-3-10-9(5-8)17-13(19)20-10/h1-6H,(H,16,18)(H,17,19). The third-order valence-corrected chi connectivity index (χ3v) is 2.89. The first-order valence-corrected chi connectivity index (χ1v) is 6.05. The fraction of sp³-hybridized carbons (Fsp3) is 0. The van der Waals surface area contributed by atoms with Gasteiger partial charge in [-0.15, -0.1) is 0 Å². The minimum Gasteiger partial charge on any atom is -0.408 e. The number of H-pyrrole nitrogens is 1. The molecule has 20 heavy (non-hydrogen) atoms. The number of aromatic nitrogens is 2. The van der Waals surface area contributed by atoms with Gasteiger partial charge in [0.25, 0.3) is 5.91 Å². The van der Waals surface area contributed by atoms with E-state index in [0.29, 0.717) is 27.5 Å². The second-order valence-electron chi connectivity index (χ2n) is 4.05. The largest absolute Gasteiger partial charge is 0.417 e. The van der Waals surface area contributed by atoms with Gasteiger partial charge in [0.2, 0.25) is 0 Å². The van der Waals surface area contributed by atoms with Crippen LogP contribution in [-0.4, -0.2) is 15.9 Å². The molecule has 0 atom stereocenters. The molecule has 3 rings (SSSR count). The van der Waals surface area contributed by atoms with Crippen molar-refractivity contribution in [3.63, 3.8) is 0 Å². The summed E-state index contributed by atoms with van der Waals surface area (Å²) >= 11 is 5.66. The number of aromatic amines is 1. The second kappa shape index (κ2) is 4.82. The number of hydrogen-bond acceptors (Lipinski definition) is 4. The van der Waals surface area contributed by atoms with Gasteiger partial charge in [0.15, 0.2) is 5.58 Å². The molecule has 6 nitrogen and oxygen atoms in total. The third kappa shape index (κ3) is 2.41. The number of nitrogens with zero attached hydrogens (tertiary/aromatic N) is 1. The highest BCUT2D eigenvalue weighted by Gasteiger charge is 2.08. The zero-order valence-electron chi connectivity index (χ0n) is 10.0. The molecule has 1 amide bonds. The molecule has 3 aromatic rings. The molecule has 7 heteroatoms. The van der Waals surface area contributed by atoms with Crippen LogP contribution in [0.2, 0.25) is 5.15 Å². The lowest BCUT2D eigenvalue weighted by Crippen LogP contribution is -2.11. The first kappa shape index (κ1) is 12.4. The lowest BCUT2D eigenvalue weighted by Gasteiger charge is -2.04. The van der Waals surface area contributed by atoms with Crippen LogP contribution in [0.1, 0.15) is 10.4 Å². The number of carbonyl (C=O) groups excluding carboxylic acids is 1. The van der Waals surface area contributed by atoms with E-state index in [2.05, 4.69) is 15.3 Å². The third-order valence-electron chi connectivity index (χ3n) is 2.67. The predicted octanol–water partition coefficient (Wildman–Crippen LogP) is 2.42. The summed E-state index contributed by atoms with van der Waals surface area (Å²) in [5.41, 5.74) is 1.87. The van der Waals surface area contributed by atoms with Crippen LogP contribution in [0.3, 0.4) is 0 Å². The van der Waals surface area contributed by atoms with Gasteiger partial charge in [0.1, 0.15) is 5.15 Å². The Balaban J connectivity index is 1.86. The number of pyridine rings is 1. The average Bonchev–Trinajstić information content (AvgIpc) is 2.78. The Morgan fingerprint density at radius 3 is 2.90 bits per heavy atom. The molecule has 0 saturated carbocycles. The van der Waals surface area contributed by atoms with Gasteiger partial charge in [-0.25, -0.2) is 9.78 Å². The van der Waals surface area contributed by atoms with Crippen molar-refractivity contribution >= 4 is 34.3 Å². The Kier molecular flexibility index (Phi) is 3.00. The van der Waals surface area contributed by atoms with E-state index in [1.165, 1.54) is 12.3 Å². The summed E-state index contributed by atoms with van der Waals surface area (Å²) in [6, 6.07) is 7.96. The highest BCUT2D eigenvalue weighted by Crippen LogP contribution is 2.17. The topological polar surface area (TPSA) is 88.0 Å². The molecule has 0 unspecified atom stereocenters. The van der Waals surface area contributed by atoms with Crippen molar-refractivity contribution in [2.45, 2.75) is 0 Å². The first-order chi connectivity index (χ1) is 9.61. The van der Waals surface area contributed by atoms with E-state index < -0.39 is 5.76 Å². The van der Waals surface area contributed by atoms with E-state index in [1.807, 2.05) is 0 Å². The number of halogens is 1. The van der Waals surface area contributed by atoms with Crippen LogP contribution in [0.25, 0.3) is 11.1 Å². The van der Waals surface area contributed by atoms with Crippen LogP contribution < -0.4 is 11.1 Å². The fourth-order valence-electron chi connectivity index (χ4n) is 1.74. The zero-order valence-corrected chi connectivity index (χ0v) is 10.8. The summed E-state index contributed by atoms with van der Waals surface area (Å²) in [5, 5.41) is 3.01. The van der Waals surface area contributed by atoms with Crippen molar-refractivity contribution in [2.75, 3.05) is 5.32 Å². The maximum atomic E-state index is 12.0. The number of oxazole rings is 1. The molecular weight excluding hydrogens is 282 g/mol. The number of fused-ring (bicyclic) bond motifs is 1. The number of anilines is 1. The van der Waals surface area contributed by atoms with Gasteiger partial charge < -0.3 is 9.73 Å². The highest BCUT2D eigenvalue weighted by atomic mass is 35.5. The lowest BCUT2D eigenvalue weighted by molar-refractivity contribution is 0.102. The van der Waals surface area contributed by atoms with E-state index in [9.17, 15) is 9.59 Å². The number of hydrogen-bond donors (Lipinski definition) is 2. The predicted molar refractivity (Wildman–Crippen MR) is 74.0 cm³/mol. The molecule has 0 radical (unpaired) electrons. The van der Waals surface area contributed by atoms with Crippen molar-refractivity contribution in [3.8, 4) is 0 Å². The molecule has 100 valence electrons. The average molecular weight is 290 g/mol. The molecule has 0 aliphatic rings. The molecule has 0 aliphatic heterocycles. The van der Waals surface area contributed by atoms with Crippen molar-refractivity contribution in [2.24, 2.45) is 0 Å². The number of benzene rings is 1. The van der Waals surface area contributed by atoms with Gasteiger partial charge in [-0.2, -0.15) is 0 Å². The molecule has 0 aliphatic carbocycles. The zero-order chi connectivity index (χ0) is 14.1. The van der Waals surface area contributed by atoms with Gasteiger partial charge >= 0.3 is 5.76 Å². The number of nitrogens with one attached hydrogen (secondary N) is 2. The summed E-state index contributed by atoms with van der Waals surface area (Å²) in [6.45, 7) is 0. The maximum absolute atomic E-state index is 12.0. The maximum Gasteiger partial charge on any atom is 0.417 e. The van der Waals surface area contributed by atoms with Crippen LogP contribution in [0, 0.1) is 0 Å². The van der Waals surface area contributed by atoms with E-state index in [0.717, 1.165) is 0 Å². The van der Waals surface area contributed by atoms with Gasteiger partial charge in [-0.3, -0.25) is 9.78 Å². The van der Waals surface area contributed by atoms with E-state index >= 15 is 0 Å². The van der Waals surface area contributed by atoms with Crippen LogP contribution in [0.4, 0.5) is 5.69 Å². The normalized spacial score (nSPS) is 10.7. The van der Waals surface area contributed by atoms with Crippen LogP contribution in [0.15, 0.2) is 45.7 Å². The molecule has 2 N–H and O–H groups in total. The van der Waals surface area contributed by atoms with E-state index in [1.54, 1.807) is 24.3 Å². The Labute approximate surface area is 117 Å². The SMILES string of the molecule is O=C(Nc1ccc2oc(=O)[nH]c2c1)c1ccc(Cl)nc1. The lowest BCUT2D eigenvalue weighted by atomic mass is 10.2. The van der Waals surface area contributed by atoms with Crippen molar-refractivity contribution < 1.29 is 9.21 Å². The molecular formula is C13H8ClN3O3. The molecule has 0 spiro atoms. The summed E-state index contributed by atoms with van der Waals surface area (Å²) in [7, 11) is 0. The van der Waals surface area contributed by atoms with Crippen molar-refractivity contribution in [3.05, 3.63) is 57.8 Å². The first-order valence-electron chi connectivity index (χ1n) is 5.67. The van der Waals surface area contributed by atoms with Gasteiger partial charge in [-0.05, 0) is 30.3 Å². The molecule has 0 bridgehead atoms. The molecule has 0 saturated heterocycles. The van der Waals surface area contributed by atoms with E-state index in [-0.39, 0.29) is 5.91 Å². The van der Waals surface area contributed by atoms with Crippen molar-refractivity contribution in [1.29, 1.82) is 0 Å². The van der Waals surface area contributed by atoms with Crippen molar-refractivity contribution in [1.82, 2.24) is 9.97 Å². The smallest absolute Gasteiger partial charge is 0.408 e. The van der Waals surface area contributed by atoms with Gasteiger partial charge in [0, 0.05) is 11.9 Å². The summed E-state index contributed by atoms with van der Waals surface area (Å²) in [5.74, 6) is -0.857. The number of carbonyl (C=O) groups is 1. The molecule has 2 aromatic heterocycles. The quantitative estimate of drug-likeness (QED) is 0.709. The molecule has 0 fully saturated rings. The summed E-state index contributed by atoms with van der Waals surface area (Å²) in [4.78, 5) is 29.4. The number of amides is 1. The van der Waals surface area contributed by atoms with Gasteiger partial charge in [-0.1, -0.05) is 11.6 Å². The van der Waals surface area contributed by atoms with Gasteiger partial charge in [0.05, 0.1) is 11.1 Å². The summed E-state index contributed by atoms with van der Waals surface area (Å²) in [6.07, 6.45) is 1.38. The van der Waals surface area contributed by atoms with Crippen LogP contribution >= 0.6 is 11.6 Å². The monoisotopic (exact) mass is 289 g/mol. The minimum atomic E-state index is -0.537. The Hall–Kier alpha value is -2.60. The summed E-state index contributed by atoms with van der Waals surface area (Å²) < 4.78 is 4.88.